The summed E-state index contributed by atoms with van der Waals surface area (Å²) in [4.78, 5) is 0. The minimum Gasteiger partial charge on any atom is -0.393 e. The number of hydrogen-bond acceptors (Lipinski definition) is 1. The minimum absolute atomic E-state index is 0.113. The van der Waals surface area contributed by atoms with E-state index in [0.717, 1.165) is 24.7 Å². The Kier molecular flexibility index (Phi) is 10.1. The van der Waals surface area contributed by atoms with Crippen molar-refractivity contribution in [2.24, 2.45) is 35.5 Å². The Labute approximate surface area is 152 Å². The van der Waals surface area contributed by atoms with Gasteiger partial charge in [-0.1, -0.05) is 66.7 Å². The van der Waals surface area contributed by atoms with Crippen molar-refractivity contribution in [1.82, 2.24) is 0 Å². The van der Waals surface area contributed by atoms with Crippen molar-refractivity contribution in [2.75, 3.05) is 0 Å². The molecular formula is C23H42O. The summed E-state index contributed by atoms with van der Waals surface area (Å²) in [6, 6.07) is 0. The molecule has 1 aliphatic carbocycles. The Hall–Kier alpha value is -0.480. The van der Waals surface area contributed by atoms with Gasteiger partial charge < -0.3 is 5.11 Å². The molecule has 140 valence electrons. The predicted octanol–water partition coefficient (Wildman–Crippen LogP) is 6.30. The molecule has 0 heterocycles. The molecule has 0 saturated heterocycles. The van der Waals surface area contributed by atoms with E-state index >= 15 is 0 Å². The molecule has 0 aliphatic heterocycles. The van der Waals surface area contributed by atoms with Gasteiger partial charge in [-0.2, -0.15) is 0 Å². The Bertz CT molecular complexity index is 367. The molecular weight excluding hydrogens is 292 g/mol. The number of terminal acetylenes is 1. The molecule has 0 aromatic heterocycles. The predicted molar refractivity (Wildman–Crippen MR) is 106 cm³/mol. The van der Waals surface area contributed by atoms with Crippen LogP contribution >= 0.6 is 0 Å². The molecule has 1 rings (SSSR count). The first kappa shape index (κ1) is 21.6. The van der Waals surface area contributed by atoms with Crippen LogP contribution in [0.2, 0.25) is 0 Å². The molecule has 1 fully saturated rings. The van der Waals surface area contributed by atoms with Crippen molar-refractivity contribution in [3.63, 3.8) is 0 Å². The van der Waals surface area contributed by atoms with Gasteiger partial charge in [-0.15, -0.1) is 12.3 Å². The topological polar surface area (TPSA) is 20.2 Å². The van der Waals surface area contributed by atoms with Crippen LogP contribution in [0.25, 0.3) is 0 Å². The quantitative estimate of drug-likeness (QED) is 0.516. The van der Waals surface area contributed by atoms with Crippen molar-refractivity contribution in [3.8, 4) is 12.3 Å². The van der Waals surface area contributed by atoms with E-state index in [0.29, 0.717) is 23.7 Å². The maximum Gasteiger partial charge on any atom is 0.0540 e. The maximum atomic E-state index is 10.2. The van der Waals surface area contributed by atoms with E-state index in [9.17, 15) is 5.11 Å². The third kappa shape index (κ3) is 7.18. The Morgan fingerprint density at radius 1 is 1.17 bits per heavy atom. The Morgan fingerprint density at radius 3 is 2.46 bits per heavy atom. The van der Waals surface area contributed by atoms with Gasteiger partial charge in [0.1, 0.15) is 0 Å². The fourth-order valence-corrected chi connectivity index (χ4v) is 4.82. The number of aliphatic hydroxyl groups excluding tert-OH is 1. The second kappa shape index (κ2) is 11.2. The van der Waals surface area contributed by atoms with Crippen LogP contribution in [0.15, 0.2) is 0 Å². The summed E-state index contributed by atoms with van der Waals surface area (Å²) in [6.45, 7) is 11.4. The highest BCUT2D eigenvalue weighted by molar-refractivity contribution is 4.96. The van der Waals surface area contributed by atoms with Crippen molar-refractivity contribution in [3.05, 3.63) is 0 Å². The molecule has 0 radical (unpaired) electrons. The van der Waals surface area contributed by atoms with Gasteiger partial charge in [-0.25, -0.2) is 0 Å². The first-order valence-electron chi connectivity index (χ1n) is 10.5. The average Bonchev–Trinajstić information content (AvgIpc) is 2.54. The van der Waals surface area contributed by atoms with Gasteiger partial charge in [-0.05, 0) is 55.3 Å². The normalized spacial score (nSPS) is 31.1. The fraction of sp³-hybridized carbons (Fsp3) is 0.913. The molecule has 0 bridgehead atoms. The standard InChI is InChI=1S/C23H42O/c1-7-18(5)23-14-10-13-21(16-22(24)8-2)20(15-19(23)6)12-9-11-17(3)4/h1,17-24H,8-16H2,2-6H3. The zero-order valence-corrected chi connectivity index (χ0v) is 16.9. The zero-order chi connectivity index (χ0) is 18.1. The SMILES string of the molecule is C#CC(C)C1CCCC(CC(O)CC)C(CCCC(C)C)CC1C. The lowest BCUT2D eigenvalue weighted by Crippen LogP contribution is -2.29. The summed E-state index contributed by atoms with van der Waals surface area (Å²) in [5, 5.41) is 10.2. The molecule has 6 atom stereocenters. The molecule has 0 amide bonds. The van der Waals surface area contributed by atoms with Crippen molar-refractivity contribution < 1.29 is 5.11 Å². The van der Waals surface area contributed by atoms with E-state index < -0.39 is 0 Å². The Balaban J connectivity index is 2.77. The molecule has 1 N–H and O–H groups in total. The average molecular weight is 335 g/mol. The van der Waals surface area contributed by atoms with Crippen LogP contribution in [0.4, 0.5) is 0 Å². The van der Waals surface area contributed by atoms with Crippen molar-refractivity contribution >= 4 is 0 Å². The summed E-state index contributed by atoms with van der Waals surface area (Å²) in [7, 11) is 0. The van der Waals surface area contributed by atoms with E-state index in [1.54, 1.807) is 0 Å². The summed E-state index contributed by atoms with van der Waals surface area (Å²) in [6.07, 6.45) is 16.6. The molecule has 1 aliphatic rings. The maximum absolute atomic E-state index is 10.2. The van der Waals surface area contributed by atoms with Gasteiger partial charge in [0.2, 0.25) is 0 Å². The minimum atomic E-state index is -0.113. The van der Waals surface area contributed by atoms with Crippen molar-refractivity contribution in [2.45, 2.75) is 98.5 Å². The van der Waals surface area contributed by atoms with Crippen LogP contribution < -0.4 is 0 Å². The van der Waals surface area contributed by atoms with E-state index in [1.165, 1.54) is 44.9 Å². The van der Waals surface area contributed by atoms with E-state index in [4.69, 9.17) is 6.42 Å². The second-order valence-electron chi connectivity index (χ2n) is 8.91. The highest BCUT2D eigenvalue weighted by atomic mass is 16.3. The van der Waals surface area contributed by atoms with Gasteiger partial charge in [0, 0.05) is 5.92 Å². The highest BCUT2D eigenvalue weighted by Gasteiger charge is 2.32. The largest absolute Gasteiger partial charge is 0.393 e. The zero-order valence-electron chi connectivity index (χ0n) is 16.9. The molecule has 0 aromatic rings. The number of aliphatic hydroxyl groups is 1. The van der Waals surface area contributed by atoms with Crippen LogP contribution in [0.3, 0.4) is 0 Å². The van der Waals surface area contributed by atoms with Crippen LogP contribution in [-0.4, -0.2) is 11.2 Å². The molecule has 1 nitrogen and oxygen atoms in total. The summed E-state index contributed by atoms with van der Waals surface area (Å²) in [5.41, 5.74) is 0. The lowest BCUT2D eigenvalue weighted by atomic mass is 9.68. The summed E-state index contributed by atoms with van der Waals surface area (Å²) < 4.78 is 0. The molecule has 24 heavy (non-hydrogen) atoms. The summed E-state index contributed by atoms with van der Waals surface area (Å²) >= 11 is 0. The summed E-state index contributed by atoms with van der Waals surface area (Å²) in [5.74, 6) is 7.06. The second-order valence-corrected chi connectivity index (χ2v) is 8.91. The monoisotopic (exact) mass is 334 g/mol. The Morgan fingerprint density at radius 2 is 1.88 bits per heavy atom. The highest BCUT2D eigenvalue weighted by Crippen LogP contribution is 2.41. The van der Waals surface area contributed by atoms with Gasteiger partial charge in [0.15, 0.2) is 0 Å². The molecule has 0 spiro atoms. The van der Waals surface area contributed by atoms with Crippen LogP contribution in [0.5, 0.6) is 0 Å². The molecule has 1 saturated carbocycles. The molecule has 1 heteroatoms. The smallest absolute Gasteiger partial charge is 0.0540 e. The number of hydrogen-bond donors (Lipinski definition) is 1. The van der Waals surface area contributed by atoms with E-state index in [-0.39, 0.29) is 6.10 Å². The van der Waals surface area contributed by atoms with Crippen LogP contribution in [-0.2, 0) is 0 Å². The fourth-order valence-electron chi connectivity index (χ4n) is 4.82. The number of rotatable bonds is 8. The van der Waals surface area contributed by atoms with Crippen molar-refractivity contribution in [1.29, 1.82) is 0 Å². The third-order valence-corrected chi connectivity index (χ3v) is 6.49. The lowest BCUT2D eigenvalue weighted by molar-refractivity contribution is 0.0849. The first-order chi connectivity index (χ1) is 11.4. The van der Waals surface area contributed by atoms with Gasteiger partial charge in [0.05, 0.1) is 6.10 Å². The van der Waals surface area contributed by atoms with E-state index in [1.807, 2.05) is 0 Å². The van der Waals surface area contributed by atoms with Crippen LogP contribution in [0, 0.1) is 47.9 Å². The first-order valence-corrected chi connectivity index (χ1v) is 10.5. The van der Waals surface area contributed by atoms with Gasteiger partial charge in [0.25, 0.3) is 0 Å². The van der Waals surface area contributed by atoms with Gasteiger partial charge >= 0.3 is 0 Å². The van der Waals surface area contributed by atoms with E-state index in [2.05, 4.69) is 40.5 Å². The molecule has 6 unspecified atom stereocenters. The molecule has 0 aromatic carbocycles. The lowest BCUT2D eigenvalue weighted by Gasteiger charge is -2.38. The van der Waals surface area contributed by atoms with Crippen LogP contribution in [0.1, 0.15) is 92.4 Å². The van der Waals surface area contributed by atoms with Gasteiger partial charge in [-0.3, -0.25) is 0 Å². The third-order valence-electron chi connectivity index (χ3n) is 6.49.